The molecule has 0 aliphatic rings. The SMILES string of the molecule is O=C(NCCc1ccccc1)C(=O)NCc1ccc(Cl)cc1. The van der Waals surface area contributed by atoms with Crippen molar-refractivity contribution in [3.8, 4) is 0 Å². The first-order valence-corrected chi connectivity index (χ1v) is 7.37. The largest absolute Gasteiger partial charge is 0.348 e. The highest BCUT2D eigenvalue weighted by atomic mass is 35.5. The van der Waals surface area contributed by atoms with Gasteiger partial charge < -0.3 is 10.6 Å². The summed E-state index contributed by atoms with van der Waals surface area (Å²) >= 11 is 5.78. The van der Waals surface area contributed by atoms with Crippen molar-refractivity contribution >= 4 is 23.4 Å². The summed E-state index contributed by atoms with van der Waals surface area (Å²) in [5.41, 5.74) is 2.00. The van der Waals surface area contributed by atoms with Gasteiger partial charge in [0.15, 0.2) is 0 Å². The summed E-state index contributed by atoms with van der Waals surface area (Å²) in [6, 6.07) is 16.9. The van der Waals surface area contributed by atoms with E-state index in [1.807, 2.05) is 30.3 Å². The van der Waals surface area contributed by atoms with E-state index < -0.39 is 11.8 Å². The Morgan fingerprint density at radius 3 is 2.14 bits per heavy atom. The van der Waals surface area contributed by atoms with Crippen LogP contribution in [0.5, 0.6) is 0 Å². The average Bonchev–Trinajstić information content (AvgIpc) is 2.55. The van der Waals surface area contributed by atoms with Gasteiger partial charge in [0.2, 0.25) is 0 Å². The van der Waals surface area contributed by atoms with E-state index in [0.717, 1.165) is 11.1 Å². The molecule has 114 valence electrons. The lowest BCUT2D eigenvalue weighted by Crippen LogP contribution is -2.40. The van der Waals surface area contributed by atoms with Crippen LogP contribution >= 0.6 is 11.6 Å². The molecule has 5 heteroatoms. The van der Waals surface area contributed by atoms with Crippen molar-refractivity contribution in [1.82, 2.24) is 10.6 Å². The number of amides is 2. The number of nitrogens with one attached hydrogen (secondary N) is 2. The molecule has 0 saturated carbocycles. The zero-order valence-corrected chi connectivity index (χ0v) is 12.8. The van der Waals surface area contributed by atoms with Crippen LogP contribution in [0.25, 0.3) is 0 Å². The second-order valence-corrected chi connectivity index (χ2v) is 5.24. The summed E-state index contributed by atoms with van der Waals surface area (Å²) in [4.78, 5) is 23.3. The molecule has 0 radical (unpaired) electrons. The van der Waals surface area contributed by atoms with Gasteiger partial charge in [0.05, 0.1) is 0 Å². The highest BCUT2D eigenvalue weighted by Gasteiger charge is 2.12. The van der Waals surface area contributed by atoms with Gasteiger partial charge >= 0.3 is 11.8 Å². The summed E-state index contributed by atoms with van der Waals surface area (Å²) in [6.07, 6.45) is 0.692. The maximum Gasteiger partial charge on any atom is 0.309 e. The molecule has 2 N–H and O–H groups in total. The van der Waals surface area contributed by atoms with E-state index in [1.165, 1.54) is 0 Å². The van der Waals surface area contributed by atoms with Crippen molar-refractivity contribution in [3.05, 3.63) is 70.7 Å². The monoisotopic (exact) mass is 316 g/mol. The molecule has 0 aliphatic carbocycles. The molecule has 2 amide bonds. The predicted octanol–water partition coefficient (Wildman–Crippen LogP) is 2.32. The molecule has 0 aliphatic heterocycles. The van der Waals surface area contributed by atoms with Gasteiger partial charge in [-0.25, -0.2) is 0 Å². The van der Waals surface area contributed by atoms with Gasteiger partial charge in [-0.05, 0) is 29.7 Å². The van der Waals surface area contributed by atoms with Crippen LogP contribution in [0.4, 0.5) is 0 Å². The summed E-state index contributed by atoms with van der Waals surface area (Å²) < 4.78 is 0. The zero-order valence-electron chi connectivity index (χ0n) is 12.0. The van der Waals surface area contributed by atoms with E-state index in [-0.39, 0.29) is 0 Å². The van der Waals surface area contributed by atoms with Crippen molar-refractivity contribution in [1.29, 1.82) is 0 Å². The highest BCUT2D eigenvalue weighted by Crippen LogP contribution is 2.08. The second kappa shape index (κ2) is 8.20. The Morgan fingerprint density at radius 2 is 1.45 bits per heavy atom. The Kier molecular flexibility index (Phi) is 5.98. The van der Waals surface area contributed by atoms with Crippen LogP contribution in [0.3, 0.4) is 0 Å². The Balaban J connectivity index is 1.70. The molecule has 0 saturated heterocycles. The number of rotatable bonds is 5. The zero-order chi connectivity index (χ0) is 15.8. The molecule has 0 bridgehead atoms. The molecule has 0 atom stereocenters. The average molecular weight is 317 g/mol. The fraction of sp³-hybridized carbons (Fsp3) is 0.176. The van der Waals surface area contributed by atoms with Crippen molar-refractivity contribution in [2.75, 3.05) is 6.54 Å². The molecule has 2 rings (SSSR count). The van der Waals surface area contributed by atoms with Gasteiger partial charge in [-0.15, -0.1) is 0 Å². The maximum absolute atomic E-state index is 11.7. The van der Waals surface area contributed by atoms with Gasteiger partial charge in [-0.1, -0.05) is 54.1 Å². The normalized spacial score (nSPS) is 10.0. The number of hydrogen-bond acceptors (Lipinski definition) is 2. The molecule has 0 heterocycles. The van der Waals surface area contributed by atoms with Crippen molar-refractivity contribution in [3.63, 3.8) is 0 Å². The summed E-state index contributed by atoms with van der Waals surface area (Å²) in [7, 11) is 0. The molecule has 0 unspecified atom stereocenters. The Morgan fingerprint density at radius 1 is 0.818 bits per heavy atom. The minimum atomic E-state index is -0.636. The number of benzene rings is 2. The third-order valence-electron chi connectivity index (χ3n) is 3.11. The summed E-state index contributed by atoms with van der Waals surface area (Å²) in [5, 5.41) is 5.81. The fourth-order valence-corrected chi connectivity index (χ4v) is 2.04. The molecule has 4 nitrogen and oxygen atoms in total. The van der Waals surface area contributed by atoms with E-state index >= 15 is 0 Å². The smallest absolute Gasteiger partial charge is 0.309 e. The lowest BCUT2D eigenvalue weighted by atomic mass is 10.1. The van der Waals surface area contributed by atoms with Crippen LogP contribution in [0.15, 0.2) is 54.6 Å². The van der Waals surface area contributed by atoms with Gasteiger partial charge in [-0.2, -0.15) is 0 Å². The van der Waals surface area contributed by atoms with E-state index in [1.54, 1.807) is 24.3 Å². The number of carbonyl (C=O) groups excluding carboxylic acids is 2. The Hall–Kier alpha value is -2.33. The first-order chi connectivity index (χ1) is 10.6. The third-order valence-corrected chi connectivity index (χ3v) is 3.37. The second-order valence-electron chi connectivity index (χ2n) is 4.80. The standard InChI is InChI=1S/C17H17ClN2O2/c18-15-8-6-14(7-9-15)12-20-17(22)16(21)19-11-10-13-4-2-1-3-5-13/h1-9H,10-12H2,(H,19,21)(H,20,22). The van der Waals surface area contributed by atoms with Crippen molar-refractivity contribution in [2.45, 2.75) is 13.0 Å². The van der Waals surface area contributed by atoms with Gasteiger partial charge in [0.1, 0.15) is 0 Å². The molecule has 2 aromatic carbocycles. The van der Waals surface area contributed by atoms with Crippen LogP contribution in [0.1, 0.15) is 11.1 Å². The van der Waals surface area contributed by atoms with Crippen molar-refractivity contribution in [2.24, 2.45) is 0 Å². The van der Waals surface area contributed by atoms with Gasteiger partial charge in [0.25, 0.3) is 0 Å². The van der Waals surface area contributed by atoms with Crippen molar-refractivity contribution < 1.29 is 9.59 Å². The topological polar surface area (TPSA) is 58.2 Å². The van der Waals surface area contributed by atoms with E-state index in [0.29, 0.717) is 24.5 Å². The third kappa shape index (κ3) is 5.22. The maximum atomic E-state index is 11.7. The number of halogens is 1. The minimum Gasteiger partial charge on any atom is -0.348 e. The lowest BCUT2D eigenvalue weighted by Gasteiger charge is -2.07. The molecular formula is C17H17ClN2O2. The van der Waals surface area contributed by atoms with Crippen LogP contribution in [-0.2, 0) is 22.6 Å². The first-order valence-electron chi connectivity index (χ1n) is 6.99. The van der Waals surface area contributed by atoms with E-state index in [2.05, 4.69) is 10.6 Å². The van der Waals surface area contributed by atoms with Gasteiger partial charge in [0, 0.05) is 18.1 Å². The van der Waals surface area contributed by atoms with Crippen LogP contribution in [0.2, 0.25) is 5.02 Å². The van der Waals surface area contributed by atoms with Crippen LogP contribution in [0, 0.1) is 0 Å². The predicted molar refractivity (Wildman–Crippen MR) is 86.5 cm³/mol. The lowest BCUT2D eigenvalue weighted by molar-refractivity contribution is -0.139. The minimum absolute atomic E-state index is 0.294. The van der Waals surface area contributed by atoms with Crippen LogP contribution < -0.4 is 10.6 Å². The quantitative estimate of drug-likeness (QED) is 0.832. The molecule has 0 aromatic heterocycles. The Bertz CT molecular complexity index is 627. The van der Waals surface area contributed by atoms with E-state index in [4.69, 9.17) is 11.6 Å². The van der Waals surface area contributed by atoms with Crippen LogP contribution in [-0.4, -0.2) is 18.4 Å². The Labute approximate surface area is 134 Å². The highest BCUT2D eigenvalue weighted by molar-refractivity contribution is 6.35. The first kappa shape index (κ1) is 16.0. The van der Waals surface area contributed by atoms with E-state index in [9.17, 15) is 9.59 Å². The van der Waals surface area contributed by atoms with Gasteiger partial charge in [-0.3, -0.25) is 9.59 Å². The summed E-state index contributed by atoms with van der Waals surface area (Å²) in [6.45, 7) is 0.722. The molecular weight excluding hydrogens is 300 g/mol. The molecule has 22 heavy (non-hydrogen) atoms. The summed E-state index contributed by atoms with van der Waals surface area (Å²) in [5.74, 6) is -1.26. The number of hydrogen-bond donors (Lipinski definition) is 2. The molecule has 0 spiro atoms. The molecule has 0 fully saturated rings. The molecule has 2 aromatic rings. The fourth-order valence-electron chi connectivity index (χ4n) is 1.91. The number of carbonyl (C=O) groups is 2.